The molecule has 0 saturated heterocycles. The van der Waals surface area contributed by atoms with Crippen molar-refractivity contribution in [3.8, 4) is 0 Å². The average Bonchev–Trinajstić information content (AvgIpc) is 2.82. The highest BCUT2D eigenvalue weighted by Crippen LogP contribution is 2.19. The molecule has 190 valence electrons. The summed E-state index contributed by atoms with van der Waals surface area (Å²) in [7, 11) is -3.88. The number of benzene rings is 1. The summed E-state index contributed by atoms with van der Waals surface area (Å²) >= 11 is 0. The Balaban J connectivity index is 1.86. The van der Waals surface area contributed by atoms with E-state index >= 15 is 0 Å². The molecule has 0 aliphatic carbocycles. The maximum atomic E-state index is 10.8. The normalized spacial score (nSPS) is 14.1. The van der Waals surface area contributed by atoms with Crippen LogP contribution in [0.25, 0.3) is 6.08 Å². The third-order valence-corrected chi connectivity index (χ3v) is 6.98. The third kappa shape index (κ3) is 11.9. The van der Waals surface area contributed by atoms with E-state index in [1.165, 1.54) is 62.6 Å². The van der Waals surface area contributed by atoms with Crippen LogP contribution in [0, 0.1) is 0 Å². The van der Waals surface area contributed by atoms with E-state index < -0.39 is 10.1 Å². The summed E-state index contributed by atoms with van der Waals surface area (Å²) in [6.45, 7) is 8.15. The van der Waals surface area contributed by atoms with Gasteiger partial charge in [-0.1, -0.05) is 82.7 Å². The van der Waals surface area contributed by atoms with E-state index in [4.69, 9.17) is 4.55 Å². The second-order valence-electron chi connectivity index (χ2n) is 9.19. The second kappa shape index (κ2) is 15.8. The number of unbranched alkanes of at least 4 members (excludes halogenated alkanes) is 6. The Kier molecular flexibility index (Phi) is 13.1. The Morgan fingerprint density at radius 1 is 0.912 bits per heavy atom. The van der Waals surface area contributed by atoms with Crippen molar-refractivity contribution >= 4 is 21.9 Å². The van der Waals surface area contributed by atoms with Crippen molar-refractivity contribution in [3.05, 3.63) is 59.8 Å². The van der Waals surface area contributed by atoms with Crippen molar-refractivity contribution in [2.24, 2.45) is 0 Å². The molecular weight excluding hydrogens is 444 g/mol. The van der Waals surface area contributed by atoms with E-state index in [-0.39, 0.29) is 5.75 Å². The second-order valence-corrected chi connectivity index (χ2v) is 10.8. The Hall–Kier alpha value is -2.05. The van der Waals surface area contributed by atoms with Gasteiger partial charge >= 0.3 is 0 Å². The molecule has 0 atom stereocenters. The van der Waals surface area contributed by atoms with Crippen LogP contribution in [0.2, 0.25) is 0 Å². The molecule has 1 heterocycles. The predicted molar refractivity (Wildman–Crippen MR) is 146 cm³/mol. The van der Waals surface area contributed by atoms with Crippen LogP contribution in [0.5, 0.6) is 0 Å². The molecule has 1 aliphatic rings. The van der Waals surface area contributed by atoms with Gasteiger partial charge in [0.25, 0.3) is 10.1 Å². The van der Waals surface area contributed by atoms with Crippen LogP contribution in [0.3, 0.4) is 0 Å². The average molecular weight is 489 g/mol. The van der Waals surface area contributed by atoms with Crippen molar-refractivity contribution in [2.45, 2.75) is 71.6 Å². The van der Waals surface area contributed by atoms with Crippen molar-refractivity contribution in [2.75, 3.05) is 36.8 Å². The molecule has 1 N–H and O–H groups in total. The highest BCUT2D eigenvalue weighted by molar-refractivity contribution is 7.85. The summed E-state index contributed by atoms with van der Waals surface area (Å²) < 4.78 is 30.5. The van der Waals surface area contributed by atoms with Gasteiger partial charge in [-0.15, -0.1) is 0 Å². The minimum Gasteiger partial charge on any atom is -0.374 e. The van der Waals surface area contributed by atoms with E-state index in [0.29, 0.717) is 13.0 Å². The lowest BCUT2D eigenvalue weighted by Crippen LogP contribution is -2.25. The van der Waals surface area contributed by atoms with Gasteiger partial charge in [0.2, 0.25) is 0 Å². The van der Waals surface area contributed by atoms with Gasteiger partial charge in [-0.2, -0.15) is 8.42 Å². The fraction of sp³-hybridized carbons (Fsp3) is 0.571. The molecule has 1 aliphatic heterocycles. The highest BCUT2D eigenvalue weighted by Gasteiger charge is 2.08. The zero-order chi connectivity index (χ0) is 24.7. The minimum atomic E-state index is -3.88. The Labute approximate surface area is 208 Å². The lowest BCUT2D eigenvalue weighted by Gasteiger charge is -2.25. The first-order valence-electron chi connectivity index (χ1n) is 13.0. The number of anilines is 1. The first-order chi connectivity index (χ1) is 16.4. The topological polar surface area (TPSA) is 60.9 Å². The van der Waals surface area contributed by atoms with E-state index in [1.54, 1.807) is 0 Å². The molecule has 0 unspecified atom stereocenters. The molecule has 0 radical (unpaired) electrons. The van der Waals surface area contributed by atoms with Gasteiger partial charge in [-0.25, -0.2) is 0 Å². The van der Waals surface area contributed by atoms with Crippen LogP contribution < -0.4 is 4.90 Å². The van der Waals surface area contributed by atoms with Gasteiger partial charge in [-0.3, -0.25) is 4.55 Å². The van der Waals surface area contributed by atoms with Gasteiger partial charge in [0.05, 0.1) is 5.75 Å². The first kappa shape index (κ1) is 28.2. The lowest BCUT2D eigenvalue weighted by molar-refractivity contribution is 0.405. The SMILES string of the molecule is CCCCCCN(CCCCCC)c1ccc(C=CC2=CCN(CCCS(=O)(=O)O)C=C2)cc1. The smallest absolute Gasteiger partial charge is 0.264 e. The fourth-order valence-corrected chi connectivity index (χ4v) is 4.59. The third-order valence-electron chi connectivity index (χ3n) is 6.18. The molecule has 6 heteroatoms. The maximum Gasteiger partial charge on any atom is 0.264 e. The summed E-state index contributed by atoms with van der Waals surface area (Å²) in [5, 5.41) is 0. The van der Waals surface area contributed by atoms with Crippen molar-refractivity contribution in [1.82, 2.24) is 4.90 Å². The summed E-state index contributed by atoms with van der Waals surface area (Å²) in [5.74, 6) is -0.196. The van der Waals surface area contributed by atoms with Crippen LogP contribution in [-0.4, -0.2) is 49.8 Å². The maximum absolute atomic E-state index is 10.8. The molecule has 0 saturated carbocycles. The van der Waals surface area contributed by atoms with Crippen molar-refractivity contribution in [3.63, 3.8) is 0 Å². The Morgan fingerprint density at radius 2 is 1.56 bits per heavy atom. The molecule has 0 spiro atoms. The number of nitrogens with zero attached hydrogens (tertiary/aromatic N) is 2. The lowest BCUT2D eigenvalue weighted by atomic mass is 10.1. The fourth-order valence-electron chi connectivity index (χ4n) is 4.10. The van der Waals surface area contributed by atoms with Gasteiger partial charge < -0.3 is 9.80 Å². The zero-order valence-electron chi connectivity index (χ0n) is 21.2. The molecule has 1 aromatic rings. The molecule has 0 aromatic heterocycles. The Morgan fingerprint density at radius 3 is 2.09 bits per heavy atom. The van der Waals surface area contributed by atoms with Gasteiger partial charge in [-0.05, 0) is 54.8 Å². The van der Waals surface area contributed by atoms with Crippen LogP contribution in [0.1, 0.15) is 77.2 Å². The highest BCUT2D eigenvalue weighted by atomic mass is 32.2. The number of hydrogen-bond acceptors (Lipinski definition) is 4. The summed E-state index contributed by atoms with van der Waals surface area (Å²) in [6.07, 6.45) is 21.2. The molecule has 2 rings (SSSR count). The first-order valence-corrected chi connectivity index (χ1v) is 14.6. The summed E-state index contributed by atoms with van der Waals surface area (Å²) in [5.41, 5.74) is 3.65. The van der Waals surface area contributed by atoms with E-state index in [1.807, 2.05) is 17.2 Å². The minimum absolute atomic E-state index is 0.196. The monoisotopic (exact) mass is 488 g/mol. The van der Waals surface area contributed by atoms with Crippen LogP contribution in [0.15, 0.2) is 54.3 Å². The largest absolute Gasteiger partial charge is 0.374 e. The molecule has 0 bridgehead atoms. The van der Waals surface area contributed by atoms with Crippen LogP contribution in [0.4, 0.5) is 5.69 Å². The quantitative estimate of drug-likeness (QED) is 0.195. The molecule has 34 heavy (non-hydrogen) atoms. The van der Waals surface area contributed by atoms with Crippen LogP contribution >= 0.6 is 0 Å². The number of rotatable bonds is 17. The molecule has 5 nitrogen and oxygen atoms in total. The van der Waals surface area contributed by atoms with Crippen molar-refractivity contribution in [1.29, 1.82) is 0 Å². The van der Waals surface area contributed by atoms with Gasteiger partial charge in [0.1, 0.15) is 0 Å². The number of hydrogen-bond donors (Lipinski definition) is 1. The molecule has 0 fully saturated rings. The van der Waals surface area contributed by atoms with E-state index in [9.17, 15) is 8.42 Å². The van der Waals surface area contributed by atoms with E-state index in [2.05, 4.69) is 61.2 Å². The van der Waals surface area contributed by atoms with Crippen molar-refractivity contribution < 1.29 is 13.0 Å². The summed E-state index contributed by atoms with van der Waals surface area (Å²) in [4.78, 5) is 4.61. The molecule has 1 aromatic carbocycles. The Bertz CT molecular complexity index is 877. The predicted octanol–water partition coefficient (Wildman–Crippen LogP) is 6.70. The summed E-state index contributed by atoms with van der Waals surface area (Å²) in [6, 6.07) is 8.90. The van der Waals surface area contributed by atoms with Gasteiger partial charge in [0, 0.05) is 31.9 Å². The number of allylic oxidation sites excluding steroid dienone is 3. The van der Waals surface area contributed by atoms with Gasteiger partial charge in [0.15, 0.2) is 0 Å². The molecule has 0 amide bonds. The standard InChI is InChI=1S/C28H44N2O3S/c1-3-5-7-9-21-30(22-10-8-6-4-2)28-16-14-26(15-17-28)12-13-27-18-23-29(24-19-27)20-11-25-34(31,32)33/h12-19,23H,3-11,20-22,24-25H2,1-2H3,(H,31,32,33). The van der Waals surface area contributed by atoms with Crippen LogP contribution in [-0.2, 0) is 10.1 Å². The molecular formula is C28H44N2O3S. The zero-order valence-corrected chi connectivity index (χ0v) is 22.0. The van der Waals surface area contributed by atoms with E-state index in [0.717, 1.165) is 25.2 Å².